The predicted octanol–water partition coefficient (Wildman–Crippen LogP) is 0.786. The molecule has 0 spiro atoms. The first-order chi connectivity index (χ1) is 9.60. The van der Waals surface area contributed by atoms with Crippen LogP contribution in [0.5, 0.6) is 0 Å². The van der Waals surface area contributed by atoms with Gasteiger partial charge in [-0.3, -0.25) is 9.59 Å². The van der Waals surface area contributed by atoms with Crippen molar-refractivity contribution in [3.05, 3.63) is 35.6 Å². The molecule has 2 amide bonds. The van der Waals surface area contributed by atoms with Crippen molar-refractivity contribution < 1.29 is 19.1 Å². The van der Waals surface area contributed by atoms with E-state index in [2.05, 4.69) is 5.32 Å². The van der Waals surface area contributed by atoms with Crippen LogP contribution >= 0.6 is 0 Å². The molecule has 1 aromatic rings. The topological polar surface area (TPSA) is 69.6 Å². The number of amides is 2. The van der Waals surface area contributed by atoms with Crippen LogP contribution in [0.15, 0.2) is 24.3 Å². The molecular formula is C14H19FN2O3. The van der Waals surface area contributed by atoms with E-state index in [0.717, 1.165) is 0 Å². The van der Waals surface area contributed by atoms with Crippen LogP contribution in [0.3, 0.4) is 0 Å². The molecule has 2 N–H and O–H groups in total. The number of rotatable bonds is 7. The first kappa shape index (κ1) is 16.1. The number of aliphatic hydroxyl groups excluding tert-OH is 1. The monoisotopic (exact) mass is 282 g/mol. The van der Waals surface area contributed by atoms with Crippen LogP contribution in [-0.2, 0) is 4.79 Å². The highest BCUT2D eigenvalue weighted by atomic mass is 19.1. The van der Waals surface area contributed by atoms with Crippen molar-refractivity contribution in [2.24, 2.45) is 0 Å². The third-order valence-electron chi connectivity index (χ3n) is 2.84. The lowest BCUT2D eigenvalue weighted by atomic mass is 10.2. The summed E-state index contributed by atoms with van der Waals surface area (Å²) in [7, 11) is 0. The molecule has 0 heterocycles. The summed E-state index contributed by atoms with van der Waals surface area (Å²) in [5.74, 6) is -1.50. The van der Waals surface area contributed by atoms with Gasteiger partial charge in [-0.05, 0) is 25.5 Å². The third-order valence-corrected chi connectivity index (χ3v) is 2.84. The second-order valence-electron chi connectivity index (χ2n) is 4.21. The quantitative estimate of drug-likeness (QED) is 0.776. The van der Waals surface area contributed by atoms with Crippen molar-refractivity contribution in [3.8, 4) is 0 Å². The highest BCUT2D eigenvalue weighted by molar-refractivity contribution is 5.96. The van der Waals surface area contributed by atoms with Crippen LogP contribution in [0.4, 0.5) is 4.39 Å². The third kappa shape index (κ3) is 4.62. The first-order valence-electron chi connectivity index (χ1n) is 6.51. The molecule has 1 rings (SSSR count). The van der Waals surface area contributed by atoms with E-state index in [9.17, 15) is 14.0 Å². The van der Waals surface area contributed by atoms with Gasteiger partial charge in [0.25, 0.3) is 5.91 Å². The van der Waals surface area contributed by atoms with Crippen molar-refractivity contribution in [1.82, 2.24) is 10.2 Å². The number of nitrogens with zero attached hydrogens (tertiary/aromatic N) is 1. The van der Waals surface area contributed by atoms with Gasteiger partial charge in [-0.2, -0.15) is 0 Å². The van der Waals surface area contributed by atoms with E-state index in [4.69, 9.17) is 5.11 Å². The van der Waals surface area contributed by atoms with E-state index in [0.29, 0.717) is 19.5 Å². The Balaban J connectivity index is 2.52. The number of halogens is 1. The summed E-state index contributed by atoms with van der Waals surface area (Å²) in [6.07, 6.45) is 0.487. The van der Waals surface area contributed by atoms with Gasteiger partial charge in [-0.25, -0.2) is 4.39 Å². The van der Waals surface area contributed by atoms with Crippen LogP contribution < -0.4 is 5.32 Å². The second-order valence-corrected chi connectivity index (χ2v) is 4.21. The Morgan fingerprint density at radius 2 is 2.05 bits per heavy atom. The zero-order chi connectivity index (χ0) is 15.0. The predicted molar refractivity (Wildman–Crippen MR) is 72.7 cm³/mol. The van der Waals surface area contributed by atoms with Crippen molar-refractivity contribution >= 4 is 11.8 Å². The fourth-order valence-electron chi connectivity index (χ4n) is 1.73. The van der Waals surface area contributed by atoms with Crippen LogP contribution in [-0.4, -0.2) is 48.1 Å². The highest BCUT2D eigenvalue weighted by Crippen LogP contribution is 2.05. The van der Waals surface area contributed by atoms with Crippen molar-refractivity contribution in [3.63, 3.8) is 0 Å². The number of benzene rings is 1. The standard InChI is InChI=1S/C14H19FN2O3/c1-2-17(8-5-9-18)13(19)10-16-14(20)11-6-3-4-7-12(11)15/h3-4,6-7,18H,2,5,8-10H2,1H3,(H,16,20). The van der Waals surface area contributed by atoms with Gasteiger partial charge >= 0.3 is 0 Å². The minimum atomic E-state index is -0.620. The molecule has 20 heavy (non-hydrogen) atoms. The molecule has 0 atom stereocenters. The largest absolute Gasteiger partial charge is 0.396 e. The van der Waals surface area contributed by atoms with Gasteiger partial charge in [0.2, 0.25) is 5.91 Å². The molecule has 0 fully saturated rings. The minimum Gasteiger partial charge on any atom is -0.396 e. The summed E-state index contributed by atoms with van der Waals surface area (Å²) in [5.41, 5.74) is -0.0845. The average Bonchev–Trinajstić information content (AvgIpc) is 2.46. The van der Waals surface area contributed by atoms with Gasteiger partial charge in [0, 0.05) is 19.7 Å². The number of aliphatic hydroxyl groups is 1. The number of hydrogen-bond acceptors (Lipinski definition) is 3. The van der Waals surface area contributed by atoms with Gasteiger partial charge in [0.15, 0.2) is 0 Å². The molecule has 110 valence electrons. The Bertz CT molecular complexity index is 465. The number of carbonyl (C=O) groups excluding carboxylic acids is 2. The number of nitrogens with one attached hydrogen (secondary N) is 1. The SMILES string of the molecule is CCN(CCCO)C(=O)CNC(=O)c1ccccc1F. The fraction of sp³-hybridized carbons (Fsp3) is 0.429. The Morgan fingerprint density at radius 1 is 1.35 bits per heavy atom. The molecule has 0 aromatic heterocycles. The molecule has 1 aromatic carbocycles. The van der Waals surface area contributed by atoms with E-state index in [1.54, 1.807) is 6.07 Å². The summed E-state index contributed by atoms with van der Waals surface area (Å²) in [4.78, 5) is 25.1. The first-order valence-corrected chi connectivity index (χ1v) is 6.51. The molecule has 6 heteroatoms. The van der Waals surface area contributed by atoms with Gasteiger partial charge in [-0.15, -0.1) is 0 Å². The van der Waals surface area contributed by atoms with Crippen molar-refractivity contribution in [2.45, 2.75) is 13.3 Å². The number of likely N-dealkylation sites (N-methyl/N-ethyl adjacent to an activating group) is 1. The molecule has 0 unspecified atom stereocenters. The Hall–Kier alpha value is -1.95. The maximum atomic E-state index is 13.4. The van der Waals surface area contributed by atoms with E-state index >= 15 is 0 Å². The Labute approximate surface area is 117 Å². The van der Waals surface area contributed by atoms with Crippen LogP contribution in [0.1, 0.15) is 23.7 Å². The molecule has 0 saturated carbocycles. The Kier molecular flexibility index (Phi) is 6.66. The van der Waals surface area contributed by atoms with Crippen molar-refractivity contribution in [1.29, 1.82) is 0 Å². The molecule has 0 aliphatic carbocycles. The summed E-state index contributed by atoms with van der Waals surface area (Å²) in [6.45, 7) is 2.56. The summed E-state index contributed by atoms with van der Waals surface area (Å²) in [5, 5.41) is 11.1. The zero-order valence-corrected chi connectivity index (χ0v) is 11.4. The van der Waals surface area contributed by atoms with Gasteiger partial charge in [0.05, 0.1) is 12.1 Å². The van der Waals surface area contributed by atoms with Gasteiger partial charge in [-0.1, -0.05) is 12.1 Å². The lowest BCUT2D eigenvalue weighted by Gasteiger charge is -2.20. The molecule has 0 saturated heterocycles. The van der Waals surface area contributed by atoms with E-state index in [-0.39, 0.29) is 24.6 Å². The molecule has 0 aliphatic heterocycles. The minimum absolute atomic E-state index is 0.00532. The zero-order valence-electron chi connectivity index (χ0n) is 11.4. The molecule has 5 nitrogen and oxygen atoms in total. The van der Waals surface area contributed by atoms with Crippen LogP contribution in [0, 0.1) is 5.82 Å². The van der Waals surface area contributed by atoms with Crippen LogP contribution in [0.25, 0.3) is 0 Å². The molecule has 0 aliphatic rings. The van der Waals surface area contributed by atoms with Crippen molar-refractivity contribution in [2.75, 3.05) is 26.2 Å². The average molecular weight is 282 g/mol. The number of carbonyl (C=O) groups is 2. The van der Waals surface area contributed by atoms with Gasteiger partial charge in [0.1, 0.15) is 5.82 Å². The normalized spacial score (nSPS) is 10.2. The van der Waals surface area contributed by atoms with Gasteiger partial charge < -0.3 is 15.3 Å². The second kappa shape index (κ2) is 8.27. The molecule has 0 bridgehead atoms. The summed E-state index contributed by atoms with van der Waals surface area (Å²) < 4.78 is 13.4. The summed E-state index contributed by atoms with van der Waals surface area (Å²) >= 11 is 0. The van der Waals surface area contributed by atoms with Crippen LogP contribution in [0.2, 0.25) is 0 Å². The fourth-order valence-corrected chi connectivity index (χ4v) is 1.73. The summed E-state index contributed by atoms with van der Waals surface area (Å²) in [6, 6.07) is 5.60. The van der Waals surface area contributed by atoms with E-state index in [1.807, 2.05) is 6.92 Å². The Morgan fingerprint density at radius 3 is 2.65 bits per heavy atom. The lowest BCUT2D eigenvalue weighted by molar-refractivity contribution is -0.130. The smallest absolute Gasteiger partial charge is 0.254 e. The maximum absolute atomic E-state index is 13.4. The van der Waals surface area contributed by atoms with E-state index in [1.165, 1.54) is 23.1 Å². The van der Waals surface area contributed by atoms with E-state index < -0.39 is 11.7 Å². The molecular weight excluding hydrogens is 263 g/mol. The molecule has 0 radical (unpaired) electrons. The maximum Gasteiger partial charge on any atom is 0.254 e. The number of hydrogen-bond donors (Lipinski definition) is 2. The highest BCUT2D eigenvalue weighted by Gasteiger charge is 2.15. The lowest BCUT2D eigenvalue weighted by Crippen LogP contribution is -2.40.